The maximum atomic E-state index is 5.90. The van der Waals surface area contributed by atoms with E-state index in [0.29, 0.717) is 0 Å². The molecular formula is C15H22O. The van der Waals surface area contributed by atoms with Gasteiger partial charge >= 0.3 is 0 Å². The first-order valence-corrected chi connectivity index (χ1v) is 7.54. The molecule has 1 aliphatic heterocycles. The van der Waals surface area contributed by atoms with Gasteiger partial charge in [0.15, 0.2) is 0 Å². The predicted octanol–water partition coefficient (Wildman–Crippen LogP) is 3.09. The molecule has 1 heterocycles. The zero-order valence-electron chi connectivity index (χ0n) is 10.1. The monoisotopic (exact) mass is 218 g/mol. The fourth-order valence-corrected chi connectivity index (χ4v) is 6.69. The molecule has 5 rings (SSSR count). The highest BCUT2D eigenvalue weighted by atomic mass is 16.6. The van der Waals surface area contributed by atoms with Crippen LogP contribution in [-0.4, -0.2) is 12.2 Å². The molecule has 0 N–H and O–H groups in total. The van der Waals surface area contributed by atoms with E-state index >= 15 is 0 Å². The fraction of sp³-hybridized carbons (Fsp3) is 1.00. The number of epoxide rings is 1. The van der Waals surface area contributed by atoms with E-state index in [2.05, 4.69) is 6.92 Å². The van der Waals surface area contributed by atoms with Gasteiger partial charge in [0.1, 0.15) is 0 Å². The second-order valence-electron chi connectivity index (χ2n) is 7.23. The smallest absolute Gasteiger partial charge is 0.0875 e. The summed E-state index contributed by atoms with van der Waals surface area (Å²) in [5.74, 6) is 7.60. The third-order valence-corrected chi connectivity index (χ3v) is 6.87. The molecule has 4 saturated carbocycles. The molecule has 0 radical (unpaired) electrons. The Bertz CT molecular complexity index is 336. The van der Waals surface area contributed by atoms with Crippen LogP contribution in [-0.2, 0) is 4.74 Å². The lowest BCUT2D eigenvalue weighted by Crippen LogP contribution is -2.35. The van der Waals surface area contributed by atoms with Crippen LogP contribution >= 0.6 is 0 Å². The number of ether oxygens (including phenoxy) is 1. The Hall–Kier alpha value is -0.0400. The Kier molecular flexibility index (Phi) is 1.50. The van der Waals surface area contributed by atoms with Gasteiger partial charge in [0.2, 0.25) is 0 Å². The Labute approximate surface area is 97.9 Å². The average Bonchev–Trinajstić information content (AvgIpc) is 2.67. The molecule has 1 saturated heterocycles. The molecule has 0 aromatic heterocycles. The molecule has 0 aromatic carbocycles. The highest BCUT2D eigenvalue weighted by Crippen LogP contribution is 2.73. The van der Waals surface area contributed by atoms with Crippen molar-refractivity contribution in [3.63, 3.8) is 0 Å². The topological polar surface area (TPSA) is 12.5 Å². The molecule has 88 valence electrons. The van der Waals surface area contributed by atoms with Crippen LogP contribution in [0.1, 0.15) is 39.0 Å². The van der Waals surface area contributed by atoms with Crippen LogP contribution in [0.2, 0.25) is 0 Å². The van der Waals surface area contributed by atoms with Crippen molar-refractivity contribution < 1.29 is 4.74 Å². The third-order valence-electron chi connectivity index (χ3n) is 6.87. The lowest BCUT2D eigenvalue weighted by atomic mass is 9.67. The molecule has 5 aliphatic rings. The van der Waals surface area contributed by atoms with Crippen molar-refractivity contribution in [2.24, 2.45) is 41.4 Å². The Balaban J connectivity index is 1.48. The van der Waals surface area contributed by atoms with Gasteiger partial charge in [-0.3, -0.25) is 0 Å². The number of fused-ring (bicyclic) bond motifs is 12. The highest BCUT2D eigenvalue weighted by molar-refractivity contribution is 5.20. The Morgan fingerprint density at radius 3 is 2.56 bits per heavy atom. The maximum Gasteiger partial charge on any atom is 0.0875 e. The van der Waals surface area contributed by atoms with Gasteiger partial charge in [-0.05, 0) is 60.7 Å². The first-order chi connectivity index (χ1) is 7.88. The number of rotatable bonds is 2. The maximum absolute atomic E-state index is 5.90. The summed E-state index contributed by atoms with van der Waals surface area (Å²) in [5, 5.41) is 0. The lowest BCUT2D eigenvalue weighted by molar-refractivity contribution is 0.114. The van der Waals surface area contributed by atoms with Crippen LogP contribution in [0.15, 0.2) is 0 Å². The molecule has 16 heavy (non-hydrogen) atoms. The number of hydrogen-bond donors (Lipinski definition) is 0. The predicted molar refractivity (Wildman–Crippen MR) is 61.9 cm³/mol. The minimum Gasteiger partial charge on any atom is -0.369 e. The summed E-state index contributed by atoms with van der Waals surface area (Å²) < 4.78 is 5.90. The Morgan fingerprint density at radius 1 is 0.938 bits per heavy atom. The van der Waals surface area contributed by atoms with E-state index in [1.165, 1.54) is 12.8 Å². The molecule has 1 heteroatoms. The van der Waals surface area contributed by atoms with Crippen LogP contribution < -0.4 is 0 Å². The van der Waals surface area contributed by atoms with E-state index < -0.39 is 0 Å². The molecule has 0 spiro atoms. The van der Waals surface area contributed by atoms with Gasteiger partial charge in [0.05, 0.1) is 12.2 Å². The lowest BCUT2D eigenvalue weighted by Gasteiger charge is -2.37. The second-order valence-corrected chi connectivity index (χ2v) is 7.23. The first kappa shape index (κ1) is 8.97. The van der Waals surface area contributed by atoms with E-state index in [1.807, 2.05) is 0 Å². The molecule has 4 bridgehead atoms. The van der Waals surface area contributed by atoms with Gasteiger partial charge < -0.3 is 4.74 Å². The van der Waals surface area contributed by atoms with Crippen LogP contribution in [0.3, 0.4) is 0 Å². The van der Waals surface area contributed by atoms with Crippen molar-refractivity contribution in [1.82, 2.24) is 0 Å². The van der Waals surface area contributed by atoms with E-state index in [0.717, 1.165) is 53.6 Å². The molecule has 5 fully saturated rings. The quantitative estimate of drug-likeness (QED) is 0.512. The molecular weight excluding hydrogens is 196 g/mol. The van der Waals surface area contributed by atoms with Gasteiger partial charge in [-0.2, -0.15) is 0 Å². The summed E-state index contributed by atoms with van der Waals surface area (Å²) in [6.45, 7) is 2.37. The van der Waals surface area contributed by atoms with Gasteiger partial charge in [-0.1, -0.05) is 19.8 Å². The van der Waals surface area contributed by atoms with Gasteiger partial charge in [-0.25, -0.2) is 0 Å². The minimum absolute atomic E-state index is 0.743. The van der Waals surface area contributed by atoms with Crippen molar-refractivity contribution in [2.45, 2.75) is 51.2 Å². The molecule has 9 atom stereocenters. The van der Waals surface area contributed by atoms with Gasteiger partial charge in [0, 0.05) is 0 Å². The Morgan fingerprint density at radius 2 is 1.75 bits per heavy atom. The van der Waals surface area contributed by atoms with Crippen molar-refractivity contribution in [3.05, 3.63) is 0 Å². The third kappa shape index (κ3) is 0.836. The normalized spacial score (nSPS) is 68.4. The zero-order chi connectivity index (χ0) is 10.4. The summed E-state index contributed by atoms with van der Waals surface area (Å²) in [6.07, 6.45) is 9.14. The fourth-order valence-electron chi connectivity index (χ4n) is 6.69. The van der Waals surface area contributed by atoms with Crippen molar-refractivity contribution in [1.29, 1.82) is 0 Å². The van der Waals surface area contributed by atoms with Gasteiger partial charge in [0.25, 0.3) is 0 Å². The summed E-state index contributed by atoms with van der Waals surface area (Å²) in [6, 6.07) is 0. The van der Waals surface area contributed by atoms with Crippen molar-refractivity contribution in [2.75, 3.05) is 0 Å². The summed E-state index contributed by atoms with van der Waals surface area (Å²) in [7, 11) is 0. The van der Waals surface area contributed by atoms with Crippen LogP contribution in [0.5, 0.6) is 0 Å². The zero-order valence-corrected chi connectivity index (χ0v) is 10.1. The summed E-state index contributed by atoms with van der Waals surface area (Å²) in [5.41, 5.74) is 0. The average molecular weight is 218 g/mol. The number of hydrogen-bond acceptors (Lipinski definition) is 1. The molecule has 1 nitrogen and oxygen atoms in total. The first-order valence-electron chi connectivity index (χ1n) is 7.54. The van der Waals surface area contributed by atoms with Crippen molar-refractivity contribution in [3.8, 4) is 0 Å². The van der Waals surface area contributed by atoms with Crippen molar-refractivity contribution >= 4 is 0 Å². The molecule has 7 unspecified atom stereocenters. The minimum atomic E-state index is 0.743. The van der Waals surface area contributed by atoms with Gasteiger partial charge in [-0.15, -0.1) is 0 Å². The highest BCUT2D eigenvalue weighted by Gasteiger charge is 2.73. The largest absolute Gasteiger partial charge is 0.369 e. The summed E-state index contributed by atoms with van der Waals surface area (Å²) >= 11 is 0. The second kappa shape index (κ2) is 2.68. The van der Waals surface area contributed by atoms with Crippen LogP contribution in [0.4, 0.5) is 0 Å². The standard InChI is InChI=1S/C15H22O/c1-2-3-7-4-8-5-9(7)13-11-6-10(12(8)13)14-15(11)16-14/h7-15H,2-6H2,1H3/t7?,8?,9?,10?,11?,12?,13?,14-,15+/m0/s1. The van der Waals surface area contributed by atoms with E-state index in [4.69, 9.17) is 4.74 Å². The summed E-state index contributed by atoms with van der Waals surface area (Å²) in [4.78, 5) is 0. The van der Waals surface area contributed by atoms with E-state index in [-0.39, 0.29) is 0 Å². The molecule has 0 amide bonds. The SMILES string of the molecule is CCCC1CC2CC1C1C2C2CC1[C@H]1O[C@@H]21. The van der Waals surface area contributed by atoms with E-state index in [1.54, 1.807) is 19.3 Å². The molecule has 4 aliphatic carbocycles. The van der Waals surface area contributed by atoms with Crippen LogP contribution in [0.25, 0.3) is 0 Å². The van der Waals surface area contributed by atoms with Crippen LogP contribution in [0, 0.1) is 41.4 Å². The van der Waals surface area contributed by atoms with E-state index in [9.17, 15) is 0 Å². The molecule has 0 aromatic rings.